The highest BCUT2D eigenvalue weighted by Crippen LogP contribution is 2.28. The molecule has 1 heterocycles. The molecular formula is C15H23BrN2. The van der Waals surface area contributed by atoms with Gasteiger partial charge in [0.15, 0.2) is 0 Å². The van der Waals surface area contributed by atoms with Gasteiger partial charge in [-0.25, -0.2) is 0 Å². The van der Waals surface area contributed by atoms with Gasteiger partial charge in [0.2, 0.25) is 0 Å². The third-order valence-electron chi connectivity index (χ3n) is 4.25. The lowest BCUT2D eigenvalue weighted by Crippen LogP contribution is -2.60. The number of anilines is 1. The Morgan fingerprint density at radius 1 is 1.33 bits per heavy atom. The van der Waals surface area contributed by atoms with E-state index in [0.29, 0.717) is 0 Å². The highest BCUT2D eigenvalue weighted by molar-refractivity contribution is 9.10. The molecule has 1 saturated heterocycles. The average molecular weight is 311 g/mol. The number of piperazine rings is 1. The van der Waals surface area contributed by atoms with Crippen LogP contribution in [0.15, 0.2) is 22.7 Å². The molecule has 0 saturated carbocycles. The Morgan fingerprint density at radius 2 is 2.06 bits per heavy atom. The van der Waals surface area contributed by atoms with Crippen LogP contribution in [-0.2, 0) is 0 Å². The minimum absolute atomic E-state index is 0.287. The monoisotopic (exact) mass is 310 g/mol. The van der Waals surface area contributed by atoms with E-state index in [-0.39, 0.29) is 5.54 Å². The molecule has 1 aromatic carbocycles. The first-order valence-corrected chi connectivity index (χ1v) is 7.65. The van der Waals surface area contributed by atoms with E-state index in [4.69, 9.17) is 0 Å². The molecule has 2 nitrogen and oxygen atoms in total. The van der Waals surface area contributed by atoms with Gasteiger partial charge in [-0.3, -0.25) is 0 Å². The molecule has 2 rings (SSSR count). The number of rotatable bonds is 3. The van der Waals surface area contributed by atoms with Crippen molar-refractivity contribution in [2.24, 2.45) is 0 Å². The highest BCUT2D eigenvalue weighted by Gasteiger charge is 2.31. The quantitative estimate of drug-likeness (QED) is 0.915. The molecule has 0 atom stereocenters. The summed E-state index contributed by atoms with van der Waals surface area (Å²) in [5.74, 6) is 0. The van der Waals surface area contributed by atoms with Gasteiger partial charge in [0.1, 0.15) is 0 Å². The number of nitrogens with one attached hydrogen (secondary N) is 1. The fourth-order valence-electron chi connectivity index (χ4n) is 2.68. The molecule has 1 aromatic rings. The van der Waals surface area contributed by atoms with Crippen molar-refractivity contribution in [1.82, 2.24) is 5.32 Å². The molecule has 18 heavy (non-hydrogen) atoms. The molecule has 0 aromatic heterocycles. The van der Waals surface area contributed by atoms with Crippen LogP contribution < -0.4 is 10.2 Å². The van der Waals surface area contributed by atoms with Crippen molar-refractivity contribution in [2.45, 2.75) is 39.2 Å². The van der Waals surface area contributed by atoms with Crippen LogP contribution in [0.25, 0.3) is 0 Å². The predicted octanol–water partition coefficient (Wildman–Crippen LogP) is 3.73. The topological polar surface area (TPSA) is 15.3 Å². The number of benzene rings is 1. The zero-order valence-corrected chi connectivity index (χ0v) is 13.2. The largest absolute Gasteiger partial charge is 0.368 e. The molecule has 3 heteroatoms. The van der Waals surface area contributed by atoms with Crippen LogP contribution in [0.2, 0.25) is 0 Å². The highest BCUT2D eigenvalue weighted by atomic mass is 79.9. The van der Waals surface area contributed by atoms with Crippen molar-refractivity contribution in [3.05, 3.63) is 28.2 Å². The van der Waals surface area contributed by atoms with E-state index in [2.05, 4.69) is 65.1 Å². The Morgan fingerprint density at radius 3 is 2.67 bits per heavy atom. The van der Waals surface area contributed by atoms with Crippen LogP contribution in [0.3, 0.4) is 0 Å². The first kappa shape index (κ1) is 13.9. The van der Waals surface area contributed by atoms with Gasteiger partial charge in [-0.2, -0.15) is 0 Å². The summed E-state index contributed by atoms with van der Waals surface area (Å²) in [7, 11) is 0. The average Bonchev–Trinajstić information content (AvgIpc) is 2.42. The van der Waals surface area contributed by atoms with Gasteiger partial charge in [-0.1, -0.05) is 35.8 Å². The SMILES string of the molecule is CCC1(CC)CN(c2ccc(C)c(Br)c2)CCN1. The molecular weight excluding hydrogens is 288 g/mol. The van der Waals surface area contributed by atoms with E-state index in [0.717, 1.165) is 19.6 Å². The van der Waals surface area contributed by atoms with E-state index < -0.39 is 0 Å². The molecule has 1 aliphatic rings. The number of halogens is 1. The lowest BCUT2D eigenvalue weighted by molar-refractivity contribution is 0.277. The van der Waals surface area contributed by atoms with E-state index in [1.54, 1.807) is 0 Å². The summed E-state index contributed by atoms with van der Waals surface area (Å²) < 4.78 is 1.21. The molecule has 0 bridgehead atoms. The molecule has 1 N–H and O–H groups in total. The summed E-state index contributed by atoms with van der Waals surface area (Å²) in [5, 5.41) is 3.70. The normalized spacial score (nSPS) is 19.0. The third kappa shape index (κ3) is 2.72. The van der Waals surface area contributed by atoms with E-state index in [1.165, 1.54) is 28.6 Å². The van der Waals surface area contributed by atoms with E-state index in [9.17, 15) is 0 Å². The van der Waals surface area contributed by atoms with E-state index in [1.807, 2.05) is 0 Å². The predicted molar refractivity (Wildman–Crippen MR) is 82.4 cm³/mol. The summed E-state index contributed by atoms with van der Waals surface area (Å²) in [6, 6.07) is 6.68. The van der Waals surface area contributed by atoms with Crippen LogP contribution in [0.5, 0.6) is 0 Å². The fourth-order valence-corrected chi connectivity index (χ4v) is 3.05. The number of nitrogens with zero attached hydrogens (tertiary/aromatic N) is 1. The number of aryl methyl sites for hydroxylation is 1. The Kier molecular flexibility index (Phi) is 4.33. The maximum Gasteiger partial charge on any atom is 0.0378 e. The van der Waals surface area contributed by atoms with Crippen molar-refractivity contribution in [1.29, 1.82) is 0 Å². The van der Waals surface area contributed by atoms with Crippen LogP contribution in [0.4, 0.5) is 5.69 Å². The van der Waals surface area contributed by atoms with Crippen LogP contribution in [-0.4, -0.2) is 25.2 Å². The Balaban J connectivity index is 2.20. The van der Waals surface area contributed by atoms with Gasteiger partial charge < -0.3 is 10.2 Å². The zero-order valence-electron chi connectivity index (χ0n) is 11.6. The standard InChI is InChI=1S/C15H23BrN2/c1-4-15(5-2)11-18(9-8-17-15)13-7-6-12(3)14(16)10-13/h6-7,10,17H,4-5,8-9,11H2,1-3H3. The van der Waals surface area contributed by atoms with Gasteiger partial charge in [0, 0.05) is 35.3 Å². The Labute approximate surface area is 119 Å². The lowest BCUT2D eigenvalue weighted by atomic mass is 9.90. The van der Waals surface area contributed by atoms with E-state index >= 15 is 0 Å². The van der Waals surface area contributed by atoms with Gasteiger partial charge in [0.25, 0.3) is 0 Å². The van der Waals surface area contributed by atoms with Crippen molar-refractivity contribution < 1.29 is 0 Å². The fraction of sp³-hybridized carbons (Fsp3) is 0.600. The molecule has 0 unspecified atom stereocenters. The van der Waals surface area contributed by atoms with Crippen molar-refractivity contribution in [3.8, 4) is 0 Å². The van der Waals surface area contributed by atoms with Crippen LogP contribution in [0.1, 0.15) is 32.3 Å². The van der Waals surface area contributed by atoms with Crippen molar-refractivity contribution in [3.63, 3.8) is 0 Å². The molecule has 0 radical (unpaired) electrons. The number of hydrogen-bond acceptors (Lipinski definition) is 2. The Bertz CT molecular complexity index is 413. The summed E-state index contributed by atoms with van der Waals surface area (Å²) in [6.45, 7) is 9.98. The van der Waals surface area contributed by atoms with Crippen molar-refractivity contribution in [2.75, 3.05) is 24.5 Å². The molecule has 0 spiro atoms. The third-order valence-corrected chi connectivity index (χ3v) is 5.10. The van der Waals surface area contributed by atoms with Crippen molar-refractivity contribution >= 4 is 21.6 Å². The van der Waals surface area contributed by atoms with Crippen LogP contribution in [0, 0.1) is 6.92 Å². The first-order valence-electron chi connectivity index (χ1n) is 6.86. The van der Waals surface area contributed by atoms with Gasteiger partial charge in [-0.05, 0) is 37.5 Å². The lowest BCUT2D eigenvalue weighted by Gasteiger charge is -2.44. The first-order chi connectivity index (χ1) is 8.60. The minimum Gasteiger partial charge on any atom is -0.368 e. The molecule has 0 amide bonds. The smallest absolute Gasteiger partial charge is 0.0378 e. The second-order valence-corrected chi connectivity index (χ2v) is 6.12. The summed E-state index contributed by atoms with van der Waals surface area (Å²) >= 11 is 3.63. The number of hydrogen-bond donors (Lipinski definition) is 1. The molecule has 1 fully saturated rings. The molecule has 100 valence electrons. The zero-order chi connectivity index (χ0) is 13.2. The second-order valence-electron chi connectivity index (χ2n) is 5.27. The maximum absolute atomic E-state index is 3.70. The summed E-state index contributed by atoms with van der Waals surface area (Å²) in [5.41, 5.74) is 2.92. The summed E-state index contributed by atoms with van der Waals surface area (Å²) in [4.78, 5) is 2.51. The maximum atomic E-state index is 3.70. The molecule has 1 aliphatic heterocycles. The second kappa shape index (κ2) is 5.62. The van der Waals surface area contributed by atoms with Gasteiger partial charge >= 0.3 is 0 Å². The van der Waals surface area contributed by atoms with Crippen LogP contribution >= 0.6 is 15.9 Å². The molecule has 0 aliphatic carbocycles. The summed E-state index contributed by atoms with van der Waals surface area (Å²) in [6.07, 6.45) is 2.38. The Hall–Kier alpha value is -0.540. The minimum atomic E-state index is 0.287. The van der Waals surface area contributed by atoms with Gasteiger partial charge in [0.05, 0.1) is 0 Å². The van der Waals surface area contributed by atoms with Gasteiger partial charge in [-0.15, -0.1) is 0 Å².